The number of rotatable bonds is 2. The Labute approximate surface area is 153 Å². The Hall–Kier alpha value is -2.01. The van der Waals surface area contributed by atoms with Crippen molar-refractivity contribution in [3.05, 3.63) is 68.2 Å². The van der Waals surface area contributed by atoms with E-state index >= 15 is 0 Å². The molecule has 0 aromatic heterocycles. The molecule has 2 amide bonds. The quantitative estimate of drug-likeness (QED) is 0.618. The Morgan fingerprint density at radius 2 is 1.75 bits per heavy atom. The van der Waals surface area contributed by atoms with E-state index in [9.17, 15) is 9.59 Å². The molecular weight excluding hydrogens is 371 g/mol. The maximum Gasteiger partial charge on any atom is 0.282 e. The third kappa shape index (κ3) is 3.13. The molecule has 2 aromatic carbocycles. The van der Waals surface area contributed by atoms with Gasteiger partial charge in [0.1, 0.15) is 5.57 Å². The highest BCUT2D eigenvalue weighted by Crippen LogP contribution is 2.28. The normalized spacial score (nSPS) is 16.0. The highest BCUT2D eigenvalue weighted by molar-refractivity contribution is 6.37. The first-order valence-corrected chi connectivity index (χ1v) is 8.08. The molecule has 0 atom stereocenters. The van der Waals surface area contributed by atoms with E-state index in [0.29, 0.717) is 26.3 Å². The lowest BCUT2D eigenvalue weighted by Crippen LogP contribution is -2.35. The van der Waals surface area contributed by atoms with Crippen molar-refractivity contribution in [2.75, 3.05) is 5.01 Å². The highest BCUT2D eigenvalue weighted by atomic mass is 35.5. The summed E-state index contributed by atoms with van der Waals surface area (Å²) in [6.45, 7) is 1.85. The Kier molecular flexibility index (Phi) is 4.54. The molecule has 0 saturated carbocycles. The predicted octanol–water partition coefficient (Wildman–Crippen LogP) is 4.42. The van der Waals surface area contributed by atoms with E-state index in [1.807, 2.05) is 6.92 Å². The van der Waals surface area contributed by atoms with Gasteiger partial charge in [-0.1, -0.05) is 46.9 Å². The Morgan fingerprint density at radius 1 is 1.00 bits per heavy atom. The van der Waals surface area contributed by atoms with Gasteiger partial charge >= 0.3 is 0 Å². The first-order chi connectivity index (χ1) is 11.4. The fraction of sp³-hybridized carbons (Fsp3) is 0.0588. The van der Waals surface area contributed by atoms with Crippen molar-refractivity contribution in [3.8, 4) is 0 Å². The number of nitrogens with one attached hydrogen (secondary N) is 1. The van der Waals surface area contributed by atoms with E-state index in [1.165, 1.54) is 6.08 Å². The molecular formula is C17H11Cl3N2O2. The Balaban J connectivity index is 1.97. The van der Waals surface area contributed by atoms with Crippen LogP contribution in [-0.4, -0.2) is 11.8 Å². The lowest BCUT2D eigenvalue weighted by Gasteiger charge is -2.15. The molecule has 122 valence electrons. The number of nitrogens with zero attached hydrogens (tertiary/aromatic N) is 1. The standard InChI is InChI=1S/C17H11Cl3N2O2/c1-9-2-5-12(8-14(9)19)22-17(24)13(16(23)21-22)6-10-3-4-11(18)7-15(10)20/h2-8H,1H3,(H,21,23)/b13-6-. The number of benzene rings is 2. The van der Waals surface area contributed by atoms with Crippen molar-refractivity contribution < 1.29 is 9.59 Å². The molecule has 0 bridgehead atoms. The first-order valence-electron chi connectivity index (χ1n) is 6.95. The molecule has 1 aliphatic heterocycles. The van der Waals surface area contributed by atoms with Crippen LogP contribution in [0.25, 0.3) is 6.08 Å². The summed E-state index contributed by atoms with van der Waals surface area (Å²) in [4.78, 5) is 24.7. The maximum atomic E-state index is 12.6. The molecule has 2 aromatic rings. The van der Waals surface area contributed by atoms with Crippen LogP contribution in [0.15, 0.2) is 42.0 Å². The number of carbonyl (C=O) groups is 2. The molecule has 1 N–H and O–H groups in total. The minimum absolute atomic E-state index is 0.0177. The van der Waals surface area contributed by atoms with E-state index in [-0.39, 0.29) is 5.57 Å². The fourth-order valence-corrected chi connectivity index (χ4v) is 2.87. The minimum Gasteiger partial charge on any atom is -0.267 e. The molecule has 4 nitrogen and oxygen atoms in total. The number of amides is 2. The number of hydrogen-bond acceptors (Lipinski definition) is 2. The van der Waals surface area contributed by atoms with Crippen LogP contribution in [0.4, 0.5) is 5.69 Å². The van der Waals surface area contributed by atoms with E-state index in [4.69, 9.17) is 34.8 Å². The molecule has 1 fully saturated rings. The zero-order valence-electron chi connectivity index (χ0n) is 12.4. The molecule has 0 unspecified atom stereocenters. The average molecular weight is 382 g/mol. The predicted molar refractivity (Wildman–Crippen MR) is 96.3 cm³/mol. The summed E-state index contributed by atoms with van der Waals surface area (Å²) in [5.41, 5.74) is 4.39. The monoisotopic (exact) mass is 380 g/mol. The molecule has 24 heavy (non-hydrogen) atoms. The summed E-state index contributed by atoms with van der Waals surface area (Å²) in [7, 11) is 0. The molecule has 0 aliphatic carbocycles. The number of hydrazine groups is 1. The number of carbonyl (C=O) groups excluding carboxylic acids is 2. The van der Waals surface area contributed by atoms with E-state index in [2.05, 4.69) is 5.43 Å². The smallest absolute Gasteiger partial charge is 0.267 e. The molecule has 1 aliphatic rings. The van der Waals surface area contributed by atoms with Crippen LogP contribution in [0, 0.1) is 6.92 Å². The minimum atomic E-state index is -0.511. The average Bonchev–Trinajstić information content (AvgIpc) is 2.80. The van der Waals surface area contributed by atoms with Crippen molar-refractivity contribution >= 4 is 58.4 Å². The van der Waals surface area contributed by atoms with Crippen LogP contribution in [-0.2, 0) is 9.59 Å². The van der Waals surface area contributed by atoms with Crippen LogP contribution in [0.2, 0.25) is 15.1 Å². The van der Waals surface area contributed by atoms with Gasteiger partial charge in [0.05, 0.1) is 5.69 Å². The molecule has 1 heterocycles. The number of anilines is 1. The van der Waals surface area contributed by atoms with Gasteiger partial charge in [-0.25, -0.2) is 5.01 Å². The van der Waals surface area contributed by atoms with Gasteiger partial charge in [0, 0.05) is 15.1 Å². The Morgan fingerprint density at radius 3 is 2.42 bits per heavy atom. The van der Waals surface area contributed by atoms with Crippen LogP contribution in [0.5, 0.6) is 0 Å². The molecule has 3 rings (SSSR count). The van der Waals surface area contributed by atoms with Crippen molar-refractivity contribution in [2.24, 2.45) is 0 Å². The summed E-state index contributed by atoms with van der Waals surface area (Å²) in [6.07, 6.45) is 1.44. The number of halogens is 3. The lowest BCUT2D eigenvalue weighted by atomic mass is 10.1. The van der Waals surface area contributed by atoms with Crippen LogP contribution in [0.1, 0.15) is 11.1 Å². The van der Waals surface area contributed by atoms with Crippen molar-refractivity contribution in [2.45, 2.75) is 6.92 Å². The van der Waals surface area contributed by atoms with Gasteiger partial charge in [0.2, 0.25) is 0 Å². The topological polar surface area (TPSA) is 49.4 Å². The second-order valence-electron chi connectivity index (χ2n) is 5.24. The van der Waals surface area contributed by atoms with Crippen LogP contribution in [0.3, 0.4) is 0 Å². The maximum absolute atomic E-state index is 12.6. The number of hydrogen-bond donors (Lipinski definition) is 1. The second kappa shape index (κ2) is 6.48. The largest absolute Gasteiger partial charge is 0.282 e. The summed E-state index contributed by atoms with van der Waals surface area (Å²) in [5.74, 6) is -0.992. The third-order valence-electron chi connectivity index (χ3n) is 3.57. The van der Waals surface area contributed by atoms with Crippen LogP contribution >= 0.6 is 34.8 Å². The summed E-state index contributed by atoms with van der Waals surface area (Å²) < 4.78 is 0. The van der Waals surface area contributed by atoms with Crippen LogP contribution < -0.4 is 10.4 Å². The highest BCUT2D eigenvalue weighted by Gasteiger charge is 2.34. The van der Waals surface area contributed by atoms with Crippen molar-refractivity contribution in [1.29, 1.82) is 0 Å². The SMILES string of the molecule is Cc1ccc(N2NC(=O)/C(=C/c3ccc(Cl)cc3Cl)C2=O)cc1Cl. The van der Waals surface area contributed by atoms with E-state index in [1.54, 1.807) is 36.4 Å². The van der Waals surface area contributed by atoms with Gasteiger partial charge in [0.25, 0.3) is 11.8 Å². The fourth-order valence-electron chi connectivity index (χ4n) is 2.23. The first kappa shape index (κ1) is 16.8. The summed E-state index contributed by atoms with van der Waals surface area (Å²) >= 11 is 18.0. The Bertz CT molecular complexity index is 893. The number of aryl methyl sites for hydroxylation is 1. The lowest BCUT2D eigenvalue weighted by molar-refractivity contribution is -0.117. The second-order valence-corrected chi connectivity index (χ2v) is 6.49. The van der Waals surface area contributed by atoms with Crippen molar-refractivity contribution in [3.63, 3.8) is 0 Å². The van der Waals surface area contributed by atoms with Gasteiger partial charge < -0.3 is 0 Å². The van der Waals surface area contributed by atoms with Gasteiger partial charge in [-0.3, -0.25) is 15.0 Å². The summed E-state index contributed by atoms with van der Waals surface area (Å²) in [5, 5.41) is 2.49. The van der Waals surface area contributed by atoms with Crippen molar-refractivity contribution in [1.82, 2.24) is 5.43 Å². The van der Waals surface area contributed by atoms with Gasteiger partial charge in [-0.05, 0) is 48.4 Å². The van der Waals surface area contributed by atoms with E-state index in [0.717, 1.165) is 10.6 Å². The molecule has 0 radical (unpaired) electrons. The molecule has 7 heteroatoms. The zero-order valence-corrected chi connectivity index (χ0v) is 14.7. The van der Waals surface area contributed by atoms with Gasteiger partial charge in [-0.2, -0.15) is 0 Å². The molecule has 0 spiro atoms. The molecule has 1 saturated heterocycles. The zero-order chi connectivity index (χ0) is 17.4. The third-order valence-corrected chi connectivity index (χ3v) is 4.54. The van der Waals surface area contributed by atoms with E-state index < -0.39 is 11.8 Å². The van der Waals surface area contributed by atoms with Gasteiger partial charge in [0.15, 0.2) is 0 Å². The summed E-state index contributed by atoms with van der Waals surface area (Å²) in [6, 6.07) is 9.92. The van der Waals surface area contributed by atoms with Gasteiger partial charge in [-0.15, -0.1) is 0 Å².